The Labute approximate surface area is 88.3 Å². The van der Waals surface area contributed by atoms with Gasteiger partial charge in [-0.25, -0.2) is 4.79 Å². The molecule has 0 aromatic heterocycles. The quantitative estimate of drug-likeness (QED) is 0.421. The van der Waals surface area contributed by atoms with E-state index in [2.05, 4.69) is 4.74 Å². The molecular weight excluding hydrogens is 198 g/mol. The van der Waals surface area contributed by atoms with E-state index in [1.54, 1.807) is 6.92 Å². The summed E-state index contributed by atoms with van der Waals surface area (Å²) in [4.78, 5) is 32.7. The molecule has 0 unspecified atom stereocenters. The molecule has 5 heteroatoms. The third-order valence-corrected chi connectivity index (χ3v) is 1.77. The van der Waals surface area contributed by atoms with E-state index in [9.17, 15) is 14.4 Å². The van der Waals surface area contributed by atoms with Gasteiger partial charge in [0.25, 0.3) is 0 Å². The fourth-order valence-electron chi connectivity index (χ4n) is 0.816. The fraction of sp³-hybridized carbons (Fsp3) is 0.500. The van der Waals surface area contributed by atoms with Crippen LogP contribution in [-0.2, 0) is 19.1 Å². The molecular formula is C10H15NO4. The lowest BCUT2D eigenvalue weighted by Crippen LogP contribution is -2.17. The Morgan fingerprint density at radius 2 is 1.73 bits per heavy atom. The van der Waals surface area contributed by atoms with E-state index in [1.807, 2.05) is 0 Å². The number of Topliss-reactive ketones (excluding diaryl/α,β-unsaturated/α-hetero) is 1. The molecule has 84 valence electrons. The lowest BCUT2D eigenvalue weighted by atomic mass is 10.2. The second kappa shape index (κ2) is 5.95. The predicted octanol–water partition coefficient (Wildman–Crippen LogP) is 0.678. The molecule has 5 nitrogen and oxygen atoms in total. The topological polar surface area (TPSA) is 86.5 Å². The standard InChI is InChI=1S/C10H15NO4/c1-4-8(11)7(3)10(14)15-9(13)5-6(2)12/h4-5,11H2,1-3H3. The predicted molar refractivity (Wildman–Crippen MR) is 53.6 cm³/mol. The van der Waals surface area contributed by atoms with Crippen molar-refractivity contribution in [3.63, 3.8) is 0 Å². The average Bonchev–Trinajstić information content (AvgIpc) is 2.13. The van der Waals surface area contributed by atoms with Crippen LogP contribution in [-0.4, -0.2) is 17.7 Å². The van der Waals surface area contributed by atoms with Crippen molar-refractivity contribution in [2.45, 2.75) is 33.6 Å². The van der Waals surface area contributed by atoms with Crippen LogP contribution >= 0.6 is 0 Å². The van der Waals surface area contributed by atoms with Gasteiger partial charge in [-0.1, -0.05) is 6.92 Å². The highest BCUT2D eigenvalue weighted by Crippen LogP contribution is 2.05. The number of allylic oxidation sites excluding steroid dienone is 1. The Morgan fingerprint density at radius 3 is 2.13 bits per heavy atom. The number of carbonyl (C=O) groups is 3. The van der Waals surface area contributed by atoms with Gasteiger partial charge in [0.1, 0.15) is 12.2 Å². The Morgan fingerprint density at radius 1 is 1.20 bits per heavy atom. The molecule has 0 aromatic carbocycles. The minimum absolute atomic E-state index is 0.203. The number of ketones is 1. The van der Waals surface area contributed by atoms with Gasteiger partial charge in [0.2, 0.25) is 0 Å². The number of ether oxygens (including phenoxy) is 1. The lowest BCUT2D eigenvalue weighted by Gasteiger charge is -2.04. The molecule has 0 aliphatic heterocycles. The third kappa shape index (κ3) is 4.95. The first-order valence-electron chi connectivity index (χ1n) is 4.58. The fourth-order valence-corrected chi connectivity index (χ4v) is 0.816. The van der Waals surface area contributed by atoms with Gasteiger partial charge in [-0.2, -0.15) is 0 Å². The van der Waals surface area contributed by atoms with Gasteiger partial charge in [0.05, 0.1) is 5.57 Å². The second-order valence-electron chi connectivity index (χ2n) is 3.14. The zero-order valence-corrected chi connectivity index (χ0v) is 9.12. The van der Waals surface area contributed by atoms with Gasteiger partial charge in [0.15, 0.2) is 0 Å². The van der Waals surface area contributed by atoms with E-state index in [0.29, 0.717) is 12.1 Å². The maximum atomic E-state index is 11.2. The lowest BCUT2D eigenvalue weighted by molar-refractivity contribution is -0.157. The second-order valence-corrected chi connectivity index (χ2v) is 3.14. The molecule has 0 aliphatic carbocycles. The first-order chi connectivity index (χ1) is 6.88. The normalized spacial score (nSPS) is 11.7. The van der Waals surface area contributed by atoms with Crippen molar-refractivity contribution in [2.75, 3.05) is 0 Å². The molecule has 0 amide bonds. The number of hydrogen-bond donors (Lipinski definition) is 1. The Hall–Kier alpha value is -1.65. The Bertz CT molecular complexity index is 317. The molecule has 2 N–H and O–H groups in total. The van der Waals surface area contributed by atoms with Crippen LogP contribution < -0.4 is 5.73 Å². The van der Waals surface area contributed by atoms with Crippen LogP contribution in [0.3, 0.4) is 0 Å². The van der Waals surface area contributed by atoms with E-state index in [-0.39, 0.29) is 11.4 Å². The largest absolute Gasteiger partial charge is 0.402 e. The molecule has 0 bridgehead atoms. The Balaban J connectivity index is 4.38. The number of rotatable bonds is 4. The van der Waals surface area contributed by atoms with Gasteiger partial charge in [-0.05, 0) is 20.3 Å². The highest BCUT2D eigenvalue weighted by Gasteiger charge is 2.15. The molecule has 15 heavy (non-hydrogen) atoms. The smallest absolute Gasteiger partial charge is 0.343 e. The van der Waals surface area contributed by atoms with E-state index in [0.717, 1.165) is 0 Å². The molecule has 0 radical (unpaired) electrons. The molecule has 0 atom stereocenters. The van der Waals surface area contributed by atoms with E-state index in [4.69, 9.17) is 5.73 Å². The SMILES string of the molecule is CCC(N)=C(C)C(=O)OC(=O)CC(C)=O. The van der Waals surface area contributed by atoms with Crippen molar-refractivity contribution < 1.29 is 19.1 Å². The van der Waals surface area contributed by atoms with Crippen molar-refractivity contribution in [1.29, 1.82) is 0 Å². The van der Waals surface area contributed by atoms with Crippen LogP contribution in [0.2, 0.25) is 0 Å². The van der Waals surface area contributed by atoms with Crippen molar-refractivity contribution in [3.05, 3.63) is 11.3 Å². The summed E-state index contributed by atoms with van der Waals surface area (Å²) >= 11 is 0. The van der Waals surface area contributed by atoms with E-state index in [1.165, 1.54) is 13.8 Å². The Kier molecular flexibility index (Phi) is 5.30. The summed E-state index contributed by atoms with van der Waals surface area (Å²) in [5, 5.41) is 0. The third-order valence-electron chi connectivity index (χ3n) is 1.77. The van der Waals surface area contributed by atoms with E-state index < -0.39 is 18.4 Å². The molecule has 0 aromatic rings. The van der Waals surface area contributed by atoms with Crippen LogP contribution in [0.4, 0.5) is 0 Å². The molecule has 0 heterocycles. The molecule has 0 rings (SSSR count). The number of hydrogen-bond acceptors (Lipinski definition) is 5. The number of nitrogens with two attached hydrogens (primary N) is 1. The zero-order valence-electron chi connectivity index (χ0n) is 9.12. The summed E-state index contributed by atoms with van der Waals surface area (Å²) in [6.07, 6.45) is 0.104. The monoisotopic (exact) mass is 213 g/mol. The van der Waals surface area contributed by atoms with Crippen LogP contribution in [0.25, 0.3) is 0 Å². The van der Waals surface area contributed by atoms with Crippen molar-refractivity contribution in [3.8, 4) is 0 Å². The van der Waals surface area contributed by atoms with Crippen molar-refractivity contribution in [2.24, 2.45) is 5.73 Å². The maximum absolute atomic E-state index is 11.2. The average molecular weight is 213 g/mol. The maximum Gasteiger partial charge on any atom is 0.343 e. The first kappa shape index (κ1) is 13.4. The van der Waals surface area contributed by atoms with Crippen LogP contribution in [0.15, 0.2) is 11.3 Å². The minimum Gasteiger partial charge on any atom is -0.402 e. The van der Waals surface area contributed by atoms with Gasteiger partial charge in [0, 0.05) is 5.70 Å². The van der Waals surface area contributed by atoms with Crippen LogP contribution in [0.5, 0.6) is 0 Å². The molecule has 0 spiro atoms. The number of carbonyl (C=O) groups excluding carboxylic acids is 3. The summed E-state index contributed by atoms with van der Waals surface area (Å²) in [6, 6.07) is 0. The first-order valence-corrected chi connectivity index (χ1v) is 4.58. The summed E-state index contributed by atoms with van der Waals surface area (Å²) in [5.74, 6) is -1.99. The molecule has 0 saturated carbocycles. The van der Waals surface area contributed by atoms with Gasteiger partial charge in [-0.3, -0.25) is 9.59 Å². The molecule has 0 saturated heterocycles. The van der Waals surface area contributed by atoms with Gasteiger partial charge >= 0.3 is 11.9 Å². The molecule has 0 aliphatic rings. The van der Waals surface area contributed by atoms with Crippen LogP contribution in [0.1, 0.15) is 33.6 Å². The van der Waals surface area contributed by atoms with Gasteiger partial charge < -0.3 is 10.5 Å². The molecule has 0 fully saturated rings. The highest BCUT2D eigenvalue weighted by molar-refractivity contribution is 6.02. The van der Waals surface area contributed by atoms with E-state index >= 15 is 0 Å². The minimum atomic E-state index is -0.851. The highest BCUT2D eigenvalue weighted by atomic mass is 16.6. The summed E-state index contributed by atoms with van der Waals surface area (Å²) in [5.41, 5.74) is 6.07. The van der Waals surface area contributed by atoms with Crippen molar-refractivity contribution in [1.82, 2.24) is 0 Å². The summed E-state index contributed by atoms with van der Waals surface area (Å²) in [7, 11) is 0. The van der Waals surface area contributed by atoms with Gasteiger partial charge in [-0.15, -0.1) is 0 Å². The summed E-state index contributed by atoms with van der Waals surface area (Å²) < 4.78 is 4.41. The van der Waals surface area contributed by atoms with Crippen molar-refractivity contribution >= 4 is 17.7 Å². The number of esters is 2. The zero-order chi connectivity index (χ0) is 12.0. The summed E-state index contributed by atoms with van der Waals surface area (Å²) in [6.45, 7) is 4.50. The van der Waals surface area contributed by atoms with Crippen LogP contribution in [0, 0.1) is 0 Å².